The second-order valence-electron chi connectivity index (χ2n) is 5.42. The van der Waals surface area contributed by atoms with Gasteiger partial charge in [-0.3, -0.25) is 4.79 Å². The molecule has 0 saturated heterocycles. The normalized spacial score (nSPS) is 10.8. The van der Waals surface area contributed by atoms with Crippen molar-refractivity contribution in [2.24, 2.45) is 0 Å². The van der Waals surface area contributed by atoms with Crippen molar-refractivity contribution in [1.29, 1.82) is 0 Å². The molecule has 1 heterocycles. The van der Waals surface area contributed by atoms with Crippen LogP contribution in [0.3, 0.4) is 0 Å². The molecular formula is C17H19F2NO3. The fourth-order valence-corrected chi connectivity index (χ4v) is 2.27. The molecule has 4 nitrogen and oxygen atoms in total. The van der Waals surface area contributed by atoms with E-state index in [9.17, 15) is 13.6 Å². The van der Waals surface area contributed by atoms with Crippen molar-refractivity contribution in [3.05, 3.63) is 58.5 Å². The van der Waals surface area contributed by atoms with E-state index in [0.29, 0.717) is 11.5 Å². The number of carbonyl (C=O) groups excluding carboxylic acids is 1. The minimum Gasteiger partial charge on any atom is -0.464 e. The second kappa shape index (κ2) is 7.37. The highest BCUT2D eigenvalue weighted by atomic mass is 19.1. The van der Waals surface area contributed by atoms with Gasteiger partial charge in [0, 0.05) is 12.1 Å². The van der Waals surface area contributed by atoms with E-state index >= 15 is 0 Å². The minimum atomic E-state index is -0.616. The van der Waals surface area contributed by atoms with Crippen molar-refractivity contribution in [2.45, 2.75) is 26.8 Å². The lowest BCUT2D eigenvalue weighted by Gasteiger charge is -2.21. The average Bonchev–Trinajstić information content (AvgIpc) is 2.89. The molecule has 0 saturated carbocycles. The van der Waals surface area contributed by atoms with Crippen LogP contribution in [0.5, 0.6) is 0 Å². The first-order chi connectivity index (χ1) is 10.9. The van der Waals surface area contributed by atoms with Gasteiger partial charge in [0.1, 0.15) is 23.2 Å². The van der Waals surface area contributed by atoms with Gasteiger partial charge in [0.25, 0.3) is 0 Å². The molecule has 0 bridgehead atoms. The number of carbonyl (C=O) groups is 1. The molecule has 2 rings (SSSR count). The second-order valence-corrected chi connectivity index (χ2v) is 5.42. The summed E-state index contributed by atoms with van der Waals surface area (Å²) in [7, 11) is 0. The van der Waals surface area contributed by atoms with Gasteiger partial charge in [0.05, 0.1) is 19.6 Å². The predicted molar refractivity (Wildman–Crippen MR) is 80.7 cm³/mol. The molecule has 124 valence electrons. The first-order valence-corrected chi connectivity index (χ1v) is 7.29. The summed E-state index contributed by atoms with van der Waals surface area (Å²) in [6, 6.07) is 5.62. The summed E-state index contributed by atoms with van der Waals surface area (Å²) in [6.45, 7) is 3.28. The third-order valence-electron chi connectivity index (χ3n) is 3.53. The highest BCUT2D eigenvalue weighted by Crippen LogP contribution is 2.17. The SMILES string of the molecule is Cc1ccc(CN(CCO)C(=O)Cc2cc(F)c(C)cc2F)o1. The van der Waals surface area contributed by atoms with Crippen LogP contribution >= 0.6 is 0 Å². The summed E-state index contributed by atoms with van der Waals surface area (Å²) in [4.78, 5) is 13.7. The zero-order valence-corrected chi connectivity index (χ0v) is 13.1. The van der Waals surface area contributed by atoms with Crippen LogP contribution in [0.25, 0.3) is 0 Å². The Bertz CT molecular complexity index is 697. The number of hydrogen-bond donors (Lipinski definition) is 1. The molecular weight excluding hydrogens is 304 g/mol. The molecule has 1 amide bonds. The number of furan rings is 1. The Morgan fingerprint density at radius 2 is 1.96 bits per heavy atom. The fourth-order valence-electron chi connectivity index (χ4n) is 2.27. The first-order valence-electron chi connectivity index (χ1n) is 7.29. The van der Waals surface area contributed by atoms with Gasteiger partial charge in [-0.15, -0.1) is 0 Å². The molecule has 6 heteroatoms. The monoisotopic (exact) mass is 323 g/mol. The van der Waals surface area contributed by atoms with Crippen LogP contribution in [0.15, 0.2) is 28.7 Å². The molecule has 0 spiro atoms. The van der Waals surface area contributed by atoms with Crippen LogP contribution in [0.1, 0.15) is 22.6 Å². The summed E-state index contributed by atoms with van der Waals surface area (Å²) in [5, 5.41) is 9.11. The van der Waals surface area contributed by atoms with E-state index in [4.69, 9.17) is 9.52 Å². The summed E-state index contributed by atoms with van der Waals surface area (Å²) in [5.74, 6) is -0.294. The van der Waals surface area contributed by atoms with Gasteiger partial charge >= 0.3 is 0 Å². The van der Waals surface area contributed by atoms with E-state index in [1.165, 1.54) is 11.8 Å². The molecule has 1 N–H and O–H groups in total. The molecule has 0 unspecified atom stereocenters. The van der Waals surface area contributed by atoms with Crippen LogP contribution in [0.2, 0.25) is 0 Å². The van der Waals surface area contributed by atoms with E-state index in [1.807, 2.05) is 0 Å². The van der Waals surface area contributed by atoms with Crippen molar-refractivity contribution in [1.82, 2.24) is 4.90 Å². The molecule has 0 aliphatic rings. The Hall–Kier alpha value is -2.21. The molecule has 1 aromatic heterocycles. The van der Waals surface area contributed by atoms with E-state index in [1.54, 1.807) is 19.1 Å². The Labute approximate surface area is 133 Å². The van der Waals surface area contributed by atoms with Gasteiger partial charge in [0.15, 0.2) is 0 Å². The lowest BCUT2D eigenvalue weighted by Crippen LogP contribution is -2.34. The minimum absolute atomic E-state index is 0.00309. The molecule has 23 heavy (non-hydrogen) atoms. The Balaban J connectivity index is 2.13. The number of amides is 1. The maximum atomic E-state index is 13.9. The number of benzene rings is 1. The number of aliphatic hydroxyl groups excluding tert-OH is 1. The first kappa shape index (κ1) is 17.1. The maximum absolute atomic E-state index is 13.9. The maximum Gasteiger partial charge on any atom is 0.227 e. The Kier molecular flexibility index (Phi) is 5.50. The molecule has 0 fully saturated rings. The van der Waals surface area contributed by atoms with Crippen LogP contribution in [-0.4, -0.2) is 29.1 Å². The van der Waals surface area contributed by atoms with Crippen LogP contribution in [-0.2, 0) is 17.8 Å². The molecule has 2 aromatic rings. The van der Waals surface area contributed by atoms with Gasteiger partial charge in [0.2, 0.25) is 5.91 Å². The number of aryl methyl sites for hydroxylation is 2. The van der Waals surface area contributed by atoms with Gasteiger partial charge in [-0.1, -0.05) is 0 Å². The summed E-state index contributed by atoms with van der Waals surface area (Å²) >= 11 is 0. The van der Waals surface area contributed by atoms with Crippen molar-refractivity contribution >= 4 is 5.91 Å². The molecule has 1 aromatic carbocycles. The van der Waals surface area contributed by atoms with Crippen molar-refractivity contribution in [3.63, 3.8) is 0 Å². The average molecular weight is 323 g/mol. The number of halogens is 2. The fraction of sp³-hybridized carbons (Fsp3) is 0.353. The van der Waals surface area contributed by atoms with E-state index in [-0.39, 0.29) is 37.2 Å². The van der Waals surface area contributed by atoms with Gasteiger partial charge in [-0.25, -0.2) is 8.78 Å². The van der Waals surface area contributed by atoms with Crippen molar-refractivity contribution in [3.8, 4) is 0 Å². The smallest absolute Gasteiger partial charge is 0.227 e. The molecule has 0 atom stereocenters. The number of aliphatic hydroxyl groups is 1. The van der Waals surface area contributed by atoms with E-state index in [0.717, 1.165) is 12.1 Å². The summed E-state index contributed by atoms with van der Waals surface area (Å²) in [6.07, 6.45) is -0.275. The number of hydrogen-bond acceptors (Lipinski definition) is 3. The Morgan fingerprint density at radius 3 is 2.57 bits per heavy atom. The lowest BCUT2D eigenvalue weighted by molar-refractivity contribution is -0.131. The predicted octanol–water partition coefficient (Wildman–Crippen LogP) is 2.74. The van der Waals surface area contributed by atoms with Crippen molar-refractivity contribution < 1.29 is 23.1 Å². The molecule has 0 aliphatic carbocycles. The van der Waals surface area contributed by atoms with Gasteiger partial charge < -0.3 is 14.4 Å². The van der Waals surface area contributed by atoms with Gasteiger partial charge in [-0.05, 0) is 43.7 Å². The molecule has 0 radical (unpaired) electrons. The highest BCUT2D eigenvalue weighted by Gasteiger charge is 2.18. The zero-order chi connectivity index (χ0) is 17.0. The summed E-state index contributed by atoms with van der Waals surface area (Å²) < 4.78 is 32.8. The van der Waals surface area contributed by atoms with Crippen molar-refractivity contribution in [2.75, 3.05) is 13.2 Å². The third kappa shape index (κ3) is 4.39. The third-order valence-corrected chi connectivity index (χ3v) is 3.53. The standard InChI is InChI=1S/C17H19F2NO3/c1-11-7-16(19)13(8-15(11)18)9-17(22)20(5-6-21)10-14-4-3-12(2)23-14/h3-4,7-8,21H,5-6,9-10H2,1-2H3. The largest absolute Gasteiger partial charge is 0.464 e. The highest BCUT2D eigenvalue weighted by molar-refractivity contribution is 5.78. The number of nitrogens with zero attached hydrogens (tertiary/aromatic N) is 1. The van der Waals surface area contributed by atoms with E-state index in [2.05, 4.69) is 0 Å². The lowest BCUT2D eigenvalue weighted by atomic mass is 10.1. The van der Waals surface area contributed by atoms with E-state index < -0.39 is 17.5 Å². The quantitative estimate of drug-likeness (QED) is 0.889. The summed E-state index contributed by atoms with van der Waals surface area (Å²) in [5.41, 5.74) is 0.189. The van der Waals surface area contributed by atoms with Crippen LogP contribution in [0, 0.1) is 25.5 Å². The Morgan fingerprint density at radius 1 is 1.22 bits per heavy atom. The molecule has 0 aliphatic heterocycles. The number of rotatable bonds is 6. The van der Waals surface area contributed by atoms with Crippen LogP contribution < -0.4 is 0 Å². The van der Waals surface area contributed by atoms with Gasteiger partial charge in [-0.2, -0.15) is 0 Å². The zero-order valence-electron chi connectivity index (χ0n) is 13.1. The van der Waals surface area contributed by atoms with Crippen LogP contribution in [0.4, 0.5) is 8.78 Å². The topological polar surface area (TPSA) is 53.7 Å².